The van der Waals surface area contributed by atoms with Crippen molar-refractivity contribution in [2.75, 3.05) is 19.7 Å². The Kier molecular flexibility index (Phi) is 5.73. The Bertz CT molecular complexity index is 613. The molecule has 1 rings (SSSR count). The highest BCUT2D eigenvalue weighted by molar-refractivity contribution is 7.89. The number of carbonyl (C=O) groups excluding carboxylic acids is 1. The van der Waals surface area contributed by atoms with Crippen molar-refractivity contribution in [2.24, 2.45) is 0 Å². The molecule has 21 heavy (non-hydrogen) atoms. The van der Waals surface area contributed by atoms with E-state index < -0.39 is 33.3 Å². The van der Waals surface area contributed by atoms with E-state index in [9.17, 15) is 23.3 Å². The number of aromatic nitrogens is 1. The van der Waals surface area contributed by atoms with Crippen LogP contribution in [0.2, 0.25) is 0 Å². The molecule has 0 aliphatic heterocycles. The fourth-order valence-electron chi connectivity index (χ4n) is 1.50. The average molecular weight is 317 g/mol. The molecule has 1 aromatic heterocycles. The summed E-state index contributed by atoms with van der Waals surface area (Å²) in [7, 11) is -3.96. The molecule has 0 atom stereocenters. The predicted octanol–water partition coefficient (Wildman–Crippen LogP) is 0.563. The van der Waals surface area contributed by atoms with E-state index in [-0.39, 0.29) is 18.0 Å². The third-order valence-corrected chi connectivity index (χ3v) is 4.41. The van der Waals surface area contributed by atoms with Crippen LogP contribution < -0.4 is 0 Å². The molecular formula is C11H15N3O6S. The van der Waals surface area contributed by atoms with Crippen molar-refractivity contribution >= 4 is 21.8 Å². The molecule has 0 aliphatic rings. The second-order valence-electron chi connectivity index (χ2n) is 3.85. The minimum absolute atomic E-state index is 0.0537. The van der Waals surface area contributed by atoms with Crippen LogP contribution >= 0.6 is 0 Å². The Labute approximate surface area is 121 Å². The van der Waals surface area contributed by atoms with Crippen LogP contribution in [-0.4, -0.2) is 48.3 Å². The van der Waals surface area contributed by atoms with Crippen LogP contribution in [0.15, 0.2) is 23.2 Å². The van der Waals surface area contributed by atoms with E-state index in [0.717, 1.165) is 22.6 Å². The number of pyridine rings is 1. The zero-order valence-electron chi connectivity index (χ0n) is 11.6. The van der Waals surface area contributed by atoms with Crippen molar-refractivity contribution in [2.45, 2.75) is 18.7 Å². The third-order valence-electron chi connectivity index (χ3n) is 2.51. The van der Waals surface area contributed by atoms with Gasteiger partial charge in [0.15, 0.2) is 6.20 Å². The van der Waals surface area contributed by atoms with Gasteiger partial charge in [0.1, 0.15) is 11.4 Å². The van der Waals surface area contributed by atoms with Crippen molar-refractivity contribution < 1.29 is 22.9 Å². The van der Waals surface area contributed by atoms with Gasteiger partial charge in [-0.1, -0.05) is 6.92 Å². The Morgan fingerprint density at radius 2 is 2.10 bits per heavy atom. The Balaban J connectivity index is 3.01. The third kappa shape index (κ3) is 4.20. The summed E-state index contributed by atoms with van der Waals surface area (Å²) in [6.07, 6.45) is 0.890. The maximum absolute atomic E-state index is 12.3. The number of nitro groups is 1. The van der Waals surface area contributed by atoms with E-state index in [1.54, 1.807) is 13.8 Å². The number of carbonyl (C=O) groups is 1. The van der Waals surface area contributed by atoms with Gasteiger partial charge in [0.25, 0.3) is 0 Å². The van der Waals surface area contributed by atoms with Crippen molar-refractivity contribution in [1.82, 2.24) is 9.29 Å². The average Bonchev–Trinajstić information content (AvgIpc) is 2.45. The van der Waals surface area contributed by atoms with Crippen LogP contribution in [0.1, 0.15) is 13.8 Å². The summed E-state index contributed by atoms with van der Waals surface area (Å²) in [4.78, 5) is 24.4. The van der Waals surface area contributed by atoms with Gasteiger partial charge in [-0.3, -0.25) is 4.79 Å². The summed E-state index contributed by atoms with van der Waals surface area (Å²) >= 11 is 0. The largest absolute Gasteiger partial charge is 0.465 e. The number of hydrogen-bond donors (Lipinski definition) is 0. The molecule has 0 N–H and O–H groups in total. The smallest absolute Gasteiger partial charge is 0.363 e. The monoisotopic (exact) mass is 317 g/mol. The number of sulfonamides is 1. The van der Waals surface area contributed by atoms with Crippen LogP contribution in [0.25, 0.3) is 0 Å². The van der Waals surface area contributed by atoms with Crippen LogP contribution in [0.4, 0.5) is 5.82 Å². The van der Waals surface area contributed by atoms with Gasteiger partial charge in [0.05, 0.1) is 6.61 Å². The molecule has 116 valence electrons. The van der Waals surface area contributed by atoms with Gasteiger partial charge in [0.2, 0.25) is 10.0 Å². The summed E-state index contributed by atoms with van der Waals surface area (Å²) in [6, 6.07) is 2.07. The van der Waals surface area contributed by atoms with E-state index in [0.29, 0.717) is 0 Å². The van der Waals surface area contributed by atoms with Crippen LogP contribution in [0.5, 0.6) is 0 Å². The lowest BCUT2D eigenvalue weighted by Gasteiger charge is -2.18. The maximum atomic E-state index is 12.3. The Morgan fingerprint density at radius 3 is 2.52 bits per heavy atom. The van der Waals surface area contributed by atoms with Gasteiger partial charge in [-0.25, -0.2) is 8.42 Å². The molecule has 1 heterocycles. The highest BCUT2D eigenvalue weighted by Crippen LogP contribution is 2.17. The second-order valence-corrected chi connectivity index (χ2v) is 5.78. The minimum Gasteiger partial charge on any atom is -0.465 e. The van der Waals surface area contributed by atoms with Gasteiger partial charge in [-0.05, 0) is 22.9 Å². The molecule has 0 unspecified atom stereocenters. The molecule has 0 radical (unpaired) electrons. The van der Waals surface area contributed by atoms with Crippen molar-refractivity contribution in [3.8, 4) is 0 Å². The van der Waals surface area contributed by atoms with E-state index >= 15 is 0 Å². The molecule has 0 spiro atoms. The lowest BCUT2D eigenvalue weighted by atomic mass is 10.5. The molecular weight excluding hydrogens is 302 g/mol. The fraction of sp³-hybridized carbons (Fsp3) is 0.455. The number of nitrogens with zero attached hydrogens (tertiary/aromatic N) is 3. The molecule has 0 amide bonds. The Morgan fingerprint density at radius 1 is 1.43 bits per heavy atom. The van der Waals surface area contributed by atoms with Gasteiger partial charge < -0.3 is 14.9 Å². The number of esters is 1. The molecule has 0 aromatic carbocycles. The van der Waals surface area contributed by atoms with Gasteiger partial charge in [-0.2, -0.15) is 4.31 Å². The molecule has 0 fully saturated rings. The minimum atomic E-state index is -3.96. The molecule has 0 saturated carbocycles. The quantitative estimate of drug-likeness (QED) is 0.409. The standard InChI is InChI=1S/C11H15N3O6S/c1-3-13(8-11(15)20-4-2)21(18,19)9-5-6-10(12-7-9)14(16)17/h5-7H,3-4,8H2,1-2H3. The zero-order valence-corrected chi connectivity index (χ0v) is 12.4. The maximum Gasteiger partial charge on any atom is 0.363 e. The summed E-state index contributed by atoms with van der Waals surface area (Å²) in [5.41, 5.74) is 0. The van der Waals surface area contributed by atoms with E-state index in [4.69, 9.17) is 4.74 Å². The van der Waals surface area contributed by atoms with Gasteiger partial charge in [0, 0.05) is 12.6 Å². The molecule has 0 saturated heterocycles. The first kappa shape index (κ1) is 17.0. The number of rotatable bonds is 7. The van der Waals surface area contributed by atoms with Gasteiger partial charge >= 0.3 is 11.8 Å². The topological polar surface area (TPSA) is 120 Å². The molecule has 0 aliphatic carbocycles. The van der Waals surface area contributed by atoms with Gasteiger partial charge in [-0.15, -0.1) is 0 Å². The highest BCUT2D eigenvalue weighted by Gasteiger charge is 2.27. The van der Waals surface area contributed by atoms with Crippen molar-refractivity contribution in [1.29, 1.82) is 0 Å². The molecule has 10 heteroatoms. The van der Waals surface area contributed by atoms with E-state index in [1.165, 1.54) is 0 Å². The highest BCUT2D eigenvalue weighted by atomic mass is 32.2. The molecule has 1 aromatic rings. The first-order chi connectivity index (χ1) is 9.82. The number of ether oxygens (including phenoxy) is 1. The first-order valence-corrected chi connectivity index (χ1v) is 7.53. The van der Waals surface area contributed by atoms with Crippen molar-refractivity contribution in [3.05, 3.63) is 28.4 Å². The summed E-state index contributed by atoms with van der Waals surface area (Å²) in [5.74, 6) is -1.12. The number of likely N-dealkylation sites (N-methyl/N-ethyl adjacent to an activating group) is 1. The van der Waals surface area contributed by atoms with Crippen LogP contribution in [0.3, 0.4) is 0 Å². The molecule has 0 bridgehead atoms. The van der Waals surface area contributed by atoms with Crippen molar-refractivity contribution in [3.63, 3.8) is 0 Å². The number of hydrogen-bond acceptors (Lipinski definition) is 7. The van der Waals surface area contributed by atoms with Crippen LogP contribution in [-0.2, 0) is 19.6 Å². The lowest BCUT2D eigenvalue weighted by molar-refractivity contribution is -0.389. The van der Waals surface area contributed by atoms with E-state index in [2.05, 4.69) is 4.98 Å². The molecule has 9 nitrogen and oxygen atoms in total. The second kappa shape index (κ2) is 7.09. The zero-order chi connectivity index (χ0) is 16.0. The fourth-order valence-corrected chi connectivity index (χ4v) is 2.84. The van der Waals surface area contributed by atoms with E-state index in [1.807, 2.05) is 0 Å². The van der Waals surface area contributed by atoms with Crippen LogP contribution in [0, 0.1) is 10.1 Å². The first-order valence-electron chi connectivity index (χ1n) is 6.09. The lowest BCUT2D eigenvalue weighted by Crippen LogP contribution is -2.36. The Hall–Kier alpha value is -2.07. The summed E-state index contributed by atoms with van der Waals surface area (Å²) in [6.45, 7) is 2.95. The summed E-state index contributed by atoms with van der Waals surface area (Å²) in [5, 5.41) is 10.5. The summed E-state index contributed by atoms with van der Waals surface area (Å²) < 4.78 is 30.2. The predicted molar refractivity (Wildman–Crippen MR) is 72.0 cm³/mol. The normalized spacial score (nSPS) is 11.4. The SMILES string of the molecule is CCOC(=O)CN(CC)S(=O)(=O)c1ccc([N+](=O)[O-])nc1.